The molecule has 7 nitrogen and oxygen atoms in total. The molecule has 3 atom stereocenters. The molecule has 3 unspecified atom stereocenters. The molecule has 3 N–H and O–H groups in total. The topological polar surface area (TPSA) is 107 Å². The van der Waals surface area contributed by atoms with Gasteiger partial charge in [-0.1, -0.05) is 0 Å². The molecule has 2 bridgehead atoms. The van der Waals surface area contributed by atoms with Gasteiger partial charge in [0, 0.05) is 11.6 Å². The van der Waals surface area contributed by atoms with Crippen molar-refractivity contribution in [1.29, 1.82) is 0 Å². The molecule has 0 spiro atoms. The number of nitro benzene ring substituents is 1. The van der Waals surface area contributed by atoms with Gasteiger partial charge in [0.25, 0.3) is 5.69 Å². The number of nitro groups is 1. The van der Waals surface area contributed by atoms with Gasteiger partial charge in [0.05, 0.1) is 23.2 Å². The summed E-state index contributed by atoms with van der Waals surface area (Å²) >= 11 is 0. The van der Waals surface area contributed by atoms with Gasteiger partial charge in [0.2, 0.25) is 5.91 Å². The lowest BCUT2D eigenvalue weighted by molar-refractivity contribution is -0.384. The highest BCUT2D eigenvalue weighted by atomic mass is 16.6. The number of amides is 1. The van der Waals surface area contributed by atoms with E-state index in [9.17, 15) is 14.9 Å². The number of benzene rings is 1. The van der Waals surface area contributed by atoms with E-state index in [1.807, 2.05) is 0 Å². The van der Waals surface area contributed by atoms with E-state index >= 15 is 0 Å². The summed E-state index contributed by atoms with van der Waals surface area (Å²) < 4.78 is 5.71. The van der Waals surface area contributed by atoms with Crippen LogP contribution in [-0.4, -0.2) is 29.1 Å². The fourth-order valence-electron chi connectivity index (χ4n) is 2.95. The monoisotopic (exact) mass is 277 g/mol. The molecule has 1 aromatic carbocycles. The minimum atomic E-state index is -0.678. The van der Waals surface area contributed by atoms with E-state index in [2.05, 4.69) is 5.32 Å². The van der Waals surface area contributed by atoms with Gasteiger partial charge in [0.15, 0.2) is 0 Å². The van der Waals surface area contributed by atoms with Crippen LogP contribution in [0.15, 0.2) is 18.2 Å². The third-order valence-electron chi connectivity index (χ3n) is 3.93. The van der Waals surface area contributed by atoms with Crippen LogP contribution in [0.1, 0.15) is 29.6 Å². The number of primary amides is 1. The van der Waals surface area contributed by atoms with Gasteiger partial charge < -0.3 is 15.8 Å². The van der Waals surface area contributed by atoms with Gasteiger partial charge in [-0.05, 0) is 31.4 Å². The number of fused-ring (bicyclic) bond motifs is 2. The lowest BCUT2D eigenvalue weighted by Crippen LogP contribution is -2.30. The molecule has 3 rings (SSSR count). The zero-order valence-corrected chi connectivity index (χ0v) is 10.7. The second-order valence-corrected chi connectivity index (χ2v) is 5.21. The smallest absolute Gasteiger partial charge is 0.293 e. The van der Waals surface area contributed by atoms with Crippen molar-refractivity contribution in [2.75, 3.05) is 5.32 Å². The Morgan fingerprint density at radius 2 is 2.25 bits per heavy atom. The van der Waals surface area contributed by atoms with E-state index in [1.54, 1.807) is 0 Å². The van der Waals surface area contributed by atoms with Gasteiger partial charge in [-0.2, -0.15) is 0 Å². The first kappa shape index (κ1) is 12.9. The van der Waals surface area contributed by atoms with Crippen LogP contribution in [-0.2, 0) is 4.74 Å². The summed E-state index contributed by atoms with van der Waals surface area (Å²) in [6.07, 6.45) is 3.29. The summed E-state index contributed by atoms with van der Waals surface area (Å²) in [5, 5.41) is 14.3. The lowest BCUT2D eigenvalue weighted by atomic mass is 9.95. The quantitative estimate of drug-likeness (QED) is 0.639. The highest BCUT2D eigenvalue weighted by molar-refractivity contribution is 5.94. The Morgan fingerprint density at radius 3 is 2.80 bits per heavy atom. The molecular weight excluding hydrogens is 262 g/mol. The molecule has 2 fully saturated rings. The molecular formula is C13H15N3O4. The summed E-state index contributed by atoms with van der Waals surface area (Å²) in [5.74, 6) is -0.678. The van der Waals surface area contributed by atoms with E-state index in [0.29, 0.717) is 5.69 Å². The average Bonchev–Trinajstić information content (AvgIpc) is 3.01. The number of carbonyl (C=O) groups is 1. The number of nitrogens with one attached hydrogen (secondary N) is 1. The van der Waals surface area contributed by atoms with Crippen molar-refractivity contribution in [3.8, 4) is 0 Å². The van der Waals surface area contributed by atoms with Crippen molar-refractivity contribution in [3.05, 3.63) is 33.9 Å². The first-order valence-corrected chi connectivity index (χ1v) is 6.55. The van der Waals surface area contributed by atoms with Crippen molar-refractivity contribution in [2.45, 2.75) is 37.5 Å². The van der Waals surface area contributed by atoms with E-state index in [0.717, 1.165) is 19.3 Å². The zero-order valence-electron chi connectivity index (χ0n) is 10.7. The predicted molar refractivity (Wildman–Crippen MR) is 71.5 cm³/mol. The van der Waals surface area contributed by atoms with E-state index < -0.39 is 10.8 Å². The number of anilines is 1. The molecule has 0 saturated carbocycles. The molecule has 0 aliphatic carbocycles. The number of ether oxygens (including phenoxy) is 1. The summed E-state index contributed by atoms with van der Waals surface area (Å²) in [6, 6.07) is 4.32. The number of carbonyl (C=O) groups excluding carboxylic acids is 1. The predicted octanol–water partition coefficient (Wildman–Crippen LogP) is 1.43. The van der Waals surface area contributed by atoms with Gasteiger partial charge in [-0.3, -0.25) is 14.9 Å². The van der Waals surface area contributed by atoms with Crippen molar-refractivity contribution < 1.29 is 14.5 Å². The molecule has 0 radical (unpaired) electrons. The zero-order chi connectivity index (χ0) is 14.3. The molecule has 2 aliphatic heterocycles. The maximum Gasteiger partial charge on any atom is 0.293 e. The summed E-state index contributed by atoms with van der Waals surface area (Å²) in [5.41, 5.74) is 5.54. The minimum Gasteiger partial charge on any atom is -0.374 e. The highest BCUT2D eigenvalue weighted by Crippen LogP contribution is 2.37. The Balaban J connectivity index is 1.85. The Bertz CT molecular complexity index is 575. The molecule has 0 aromatic heterocycles. The minimum absolute atomic E-state index is 0.0897. The third-order valence-corrected chi connectivity index (χ3v) is 3.93. The standard InChI is InChI=1S/C13H15N3O4/c14-13(17)7-1-3-9(11(5-7)16(18)19)15-10-6-8-2-4-12(10)20-8/h1,3,5,8,10,12,15H,2,4,6H2,(H2,14,17). The molecule has 1 aromatic rings. The van der Waals surface area contributed by atoms with Gasteiger partial charge >= 0.3 is 0 Å². The maximum absolute atomic E-state index is 11.1. The van der Waals surface area contributed by atoms with Crippen molar-refractivity contribution >= 4 is 17.3 Å². The summed E-state index contributed by atoms with van der Waals surface area (Å²) in [4.78, 5) is 21.7. The summed E-state index contributed by atoms with van der Waals surface area (Å²) in [7, 11) is 0. The molecule has 2 heterocycles. The fourth-order valence-corrected chi connectivity index (χ4v) is 2.95. The number of nitrogens with two attached hydrogens (primary N) is 1. The number of hydrogen-bond acceptors (Lipinski definition) is 5. The van der Waals surface area contributed by atoms with Crippen molar-refractivity contribution in [1.82, 2.24) is 0 Å². The van der Waals surface area contributed by atoms with Crippen LogP contribution in [0.3, 0.4) is 0 Å². The molecule has 7 heteroatoms. The van der Waals surface area contributed by atoms with E-state index in [-0.39, 0.29) is 29.5 Å². The first-order chi connectivity index (χ1) is 9.54. The molecule has 1 amide bonds. The molecule has 2 aliphatic rings. The normalized spacial score (nSPS) is 27.5. The molecule has 106 valence electrons. The van der Waals surface area contributed by atoms with Crippen LogP contribution in [0.4, 0.5) is 11.4 Å². The van der Waals surface area contributed by atoms with Gasteiger partial charge in [-0.25, -0.2) is 0 Å². The Labute approximate surface area is 115 Å². The van der Waals surface area contributed by atoms with Crippen LogP contribution in [0, 0.1) is 10.1 Å². The van der Waals surface area contributed by atoms with Crippen molar-refractivity contribution in [2.24, 2.45) is 5.73 Å². The van der Waals surface area contributed by atoms with Crippen LogP contribution in [0.2, 0.25) is 0 Å². The number of hydrogen-bond donors (Lipinski definition) is 2. The van der Waals surface area contributed by atoms with Crippen LogP contribution in [0.25, 0.3) is 0 Å². The SMILES string of the molecule is NC(=O)c1ccc(NC2CC3CCC2O3)c([N+](=O)[O-])c1. The maximum atomic E-state index is 11.1. The Hall–Kier alpha value is -2.15. The Kier molecular flexibility index (Phi) is 3.06. The fraction of sp³-hybridized carbons (Fsp3) is 0.462. The summed E-state index contributed by atoms with van der Waals surface area (Å²) in [6.45, 7) is 0. The van der Waals surface area contributed by atoms with Crippen LogP contribution < -0.4 is 11.1 Å². The largest absolute Gasteiger partial charge is 0.374 e. The lowest BCUT2D eigenvalue weighted by Gasteiger charge is -2.21. The number of rotatable bonds is 4. The van der Waals surface area contributed by atoms with Gasteiger partial charge in [-0.15, -0.1) is 0 Å². The van der Waals surface area contributed by atoms with Gasteiger partial charge in [0.1, 0.15) is 5.69 Å². The van der Waals surface area contributed by atoms with Crippen LogP contribution in [0.5, 0.6) is 0 Å². The molecule has 2 saturated heterocycles. The molecule has 20 heavy (non-hydrogen) atoms. The Morgan fingerprint density at radius 1 is 1.45 bits per heavy atom. The first-order valence-electron chi connectivity index (χ1n) is 6.55. The third kappa shape index (κ3) is 2.20. The van der Waals surface area contributed by atoms with E-state index in [1.165, 1.54) is 18.2 Å². The second kappa shape index (κ2) is 4.75. The van der Waals surface area contributed by atoms with Crippen molar-refractivity contribution in [3.63, 3.8) is 0 Å². The second-order valence-electron chi connectivity index (χ2n) is 5.21. The average molecular weight is 277 g/mol. The van der Waals surface area contributed by atoms with Crippen LogP contribution >= 0.6 is 0 Å². The highest BCUT2D eigenvalue weighted by Gasteiger charge is 2.41. The number of nitrogens with zero attached hydrogens (tertiary/aromatic N) is 1. The van der Waals surface area contributed by atoms with E-state index in [4.69, 9.17) is 10.5 Å².